The third-order valence-electron chi connectivity index (χ3n) is 2.19. The molecule has 100 valence electrons. The number of nitrogens with zero attached hydrogens (tertiary/aromatic N) is 2. The number of hydrogen-bond donors (Lipinski definition) is 0. The topological polar surface area (TPSA) is 69.0 Å². The number of rotatable bonds is 2. The monoisotopic (exact) mass is 382 g/mol. The molecule has 9 heteroatoms. The maximum Gasteiger partial charge on any atom is 0.301 e. The molecular weight excluding hydrogens is 379 g/mol. The van der Waals surface area contributed by atoms with Gasteiger partial charge in [-0.05, 0) is 28.1 Å². The Balaban J connectivity index is 2.76. The van der Waals surface area contributed by atoms with Gasteiger partial charge in [0.05, 0.1) is 11.2 Å². The van der Waals surface area contributed by atoms with Gasteiger partial charge in [0.1, 0.15) is 9.92 Å². The van der Waals surface area contributed by atoms with Crippen molar-refractivity contribution in [2.75, 3.05) is 0 Å². The van der Waals surface area contributed by atoms with E-state index in [9.17, 15) is 13.2 Å². The van der Waals surface area contributed by atoms with Gasteiger partial charge in [0.2, 0.25) is 0 Å². The predicted molar refractivity (Wildman–Crippen MR) is 75.2 cm³/mol. The molecule has 0 aliphatic heterocycles. The Morgan fingerprint density at radius 2 is 1.84 bits per heavy atom. The van der Waals surface area contributed by atoms with Crippen molar-refractivity contribution in [3.05, 3.63) is 55.3 Å². The molecule has 1 heterocycles. The summed E-state index contributed by atoms with van der Waals surface area (Å²) in [5.74, 6) is 0. The largest absolute Gasteiger partial charge is 0.301 e. The van der Waals surface area contributed by atoms with Gasteiger partial charge < -0.3 is 0 Å². The molecule has 0 unspecified atom stereocenters. The molecule has 0 N–H and O–H groups in total. The first-order valence-corrected chi connectivity index (χ1v) is 7.78. The van der Waals surface area contributed by atoms with E-state index in [0.717, 1.165) is 6.20 Å². The highest BCUT2D eigenvalue weighted by atomic mass is 79.9. The molecule has 0 radical (unpaired) electrons. The highest BCUT2D eigenvalue weighted by Crippen LogP contribution is 2.23. The Bertz CT molecular complexity index is 805. The van der Waals surface area contributed by atoms with Crippen molar-refractivity contribution in [3.63, 3.8) is 0 Å². The maximum atomic E-state index is 12.3. The molecule has 2 aromatic rings. The van der Waals surface area contributed by atoms with Crippen molar-refractivity contribution in [2.45, 2.75) is 4.90 Å². The summed E-state index contributed by atoms with van der Waals surface area (Å²) in [5, 5.41) is 3.00. The van der Waals surface area contributed by atoms with E-state index in [2.05, 4.69) is 21.0 Å². The molecule has 0 fully saturated rings. The molecule has 0 amide bonds. The second kappa shape index (κ2) is 5.24. The minimum atomic E-state index is -4.14. The summed E-state index contributed by atoms with van der Waals surface area (Å²) in [6, 6.07) is 6.06. The molecular formula is C10H5BrCl2N2O3S. The normalized spacial score (nSPS) is 11.5. The van der Waals surface area contributed by atoms with Crippen LogP contribution in [0, 0.1) is 0 Å². The van der Waals surface area contributed by atoms with Gasteiger partial charge in [0.25, 0.3) is 10.0 Å². The highest BCUT2D eigenvalue weighted by molar-refractivity contribution is 9.10. The van der Waals surface area contributed by atoms with Crippen LogP contribution >= 0.6 is 39.1 Å². The lowest BCUT2D eigenvalue weighted by atomic mass is 10.4. The van der Waals surface area contributed by atoms with E-state index < -0.39 is 20.6 Å². The fourth-order valence-corrected chi connectivity index (χ4v) is 3.75. The van der Waals surface area contributed by atoms with E-state index in [1.54, 1.807) is 6.07 Å². The fraction of sp³-hybridized carbons (Fsp3) is 0. The van der Waals surface area contributed by atoms with Gasteiger partial charge in [-0.3, -0.25) is 4.79 Å². The predicted octanol–water partition coefficient (Wildman–Crippen LogP) is 2.55. The van der Waals surface area contributed by atoms with E-state index >= 15 is 0 Å². The van der Waals surface area contributed by atoms with Crippen molar-refractivity contribution in [1.29, 1.82) is 0 Å². The molecule has 0 aliphatic rings. The fourth-order valence-electron chi connectivity index (χ4n) is 1.32. The molecule has 0 bridgehead atoms. The molecule has 0 spiro atoms. The van der Waals surface area contributed by atoms with Crippen LogP contribution in [-0.2, 0) is 10.0 Å². The van der Waals surface area contributed by atoms with Gasteiger partial charge in [-0.25, -0.2) is 0 Å². The van der Waals surface area contributed by atoms with Gasteiger partial charge in [0, 0.05) is 4.47 Å². The molecule has 5 nitrogen and oxygen atoms in total. The van der Waals surface area contributed by atoms with E-state index in [-0.39, 0.29) is 9.92 Å². The number of aromatic nitrogens is 2. The average molecular weight is 384 g/mol. The molecule has 1 aromatic carbocycles. The van der Waals surface area contributed by atoms with E-state index in [0.29, 0.717) is 8.56 Å². The Kier molecular flexibility index (Phi) is 4.00. The van der Waals surface area contributed by atoms with E-state index in [1.807, 2.05) is 0 Å². The highest BCUT2D eigenvalue weighted by Gasteiger charge is 2.24. The number of hydrogen-bond acceptors (Lipinski definition) is 4. The summed E-state index contributed by atoms with van der Waals surface area (Å²) in [6.45, 7) is 0. The summed E-state index contributed by atoms with van der Waals surface area (Å²) in [7, 11) is -4.14. The van der Waals surface area contributed by atoms with Gasteiger partial charge >= 0.3 is 5.56 Å². The minimum absolute atomic E-state index is 0.0945. The Hall–Kier alpha value is -0.890. The van der Waals surface area contributed by atoms with Crippen LogP contribution in [0.1, 0.15) is 0 Å². The summed E-state index contributed by atoms with van der Waals surface area (Å²) in [4.78, 5) is 11.7. The summed E-state index contributed by atoms with van der Waals surface area (Å²) in [5.41, 5.74) is -0.995. The number of halogens is 3. The van der Waals surface area contributed by atoms with Crippen LogP contribution in [-0.4, -0.2) is 17.6 Å². The Morgan fingerprint density at radius 3 is 2.47 bits per heavy atom. The van der Waals surface area contributed by atoms with Crippen molar-refractivity contribution in [1.82, 2.24) is 9.19 Å². The quantitative estimate of drug-likeness (QED) is 0.799. The zero-order chi connectivity index (χ0) is 14.2. The van der Waals surface area contributed by atoms with Crippen LogP contribution in [0.25, 0.3) is 0 Å². The molecule has 0 saturated carbocycles. The summed E-state index contributed by atoms with van der Waals surface area (Å²) < 4.78 is 25.2. The standard InChI is InChI=1S/C10H5BrCl2N2O3S/c11-6-3-1-2-4-8(6)19(17,18)15-10(16)9(13)7(12)5-14-15/h1-5H. The Labute approximate surface area is 127 Å². The smallest absolute Gasteiger partial charge is 0.265 e. The van der Waals surface area contributed by atoms with Gasteiger partial charge in [0.15, 0.2) is 0 Å². The van der Waals surface area contributed by atoms with Gasteiger partial charge in [-0.1, -0.05) is 35.3 Å². The lowest BCUT2D eigenvalue weighted by Crippen LogP contribution is -2.30. The minimum Gasteiger partial charge on any atom is -0.265 e. The van der Waals surface area contributed by atoms with E-state index in [1.165, 1.54) is 18.2 Å². The van der Waals surface area contributed by atoms with Crippen LogP contribution in [0.2, 0.25) is 10.0 Å². The van der Waals surface area contributed by atoms with Gasteiger partial charge in [-0.2, -0.15) is 13.5 Å². The van der Waals surface area contributed by atoms with Gasteiger partial charge in [-0.15, -0.1) is 4.09 Å². The van der Waals surface area contributed by atoms with Crippen LogP contribution in [0.3, 0.4) is 0 Å². The van der Waals surface area contributed by atoms with E-state index in [4.69, 9.17) is 23.2 Å². The summed E-state index contributed by atoms with van der Waals surface area (Å²) >= 11 is 14.3. The lowest BCUT2D eigenvalue weighted by molar-refractivity contribution is 0.575. The van der Waals surface area contributed by atoms with Crippen LogP contribution in [0.15, 0.2) is 44.6 Å². The third-order valence-corrected chi connectivity index (χ3v) is 5.52. The van der Waals surface area contributed by atoms with Crippen LogP contribution < -0.4 is 5.56 Å². The third kappa shape index (κ3) is 2.55. The van der Waals surface area contributed by atoms with Crippen molar-refractivity contribution in [2.24, 2.45) is 0 Å². The SMILES string of the molecule is O=c1c(Cl)c(Cl)cnn1S(=O)(=O)c1ccccc1Br. The second-order valence-electron chi connectivity index (χ2n) is 3.39. The maximum absolute atomic E-state index is 12.3. The van der Waals surface area contributed by atoms with Crippen molar-refractivity contribution in [3.8, 4) is 0 Å². The zero-order valence-corrected chi connectivity index (χ0v) is 13.0. The molecule has 1 aromatic heterocycles. The molecule has 0 atom stereocenters. The molecule has 19 heavy (non-hydrogen) atoms. The summed E-state index contributed by atoms with van der Waals surface area (Å²) in [6.07, 6.45) is 1.000. The van der Waals surface area contributed by atoms with Crippen molar-refractivity contribution < 1.29 is 8.42 Å². The molecule has 0 saturated heterocycles. The molecule has 0 aliphatic carbocycles. The Morgan fingerprint density at radius 1 is 1.21 bits per heavy atom. The molecule has 2 rings (SSSR count). The number of benzene rings is 1. The lowest BCUT2D eigenvalue weighted by Gasteiger charge is -2.08. The average Bonchev–Trinajstić information content (AvgIpc) is 2.36. The van der Waals surface area contributed by atoms with Crippen LogP contribution in [0.5, 0.6) is 0 Å². The first-order chi connectivity index (χ1) is 8.85. The second-order valence-corrected chi connectivity index (χ2v) is 6.77. The van der Waals surface area contributed by atoms with Crippen LogP contribution in [0.4, 0.5) is 0 Å². The van der Waals surface area contributed by atoms with Crippen molar-refractivity contribution >= 4 is 49.2 Å². The zero-order valence-electron chi connectivity index (χ0n) is 9.05. The first kappa shape index (κ1) is 14.5. The first-order valence-electron chi connectivity index (χ1n) is 4.79.